The van der Waals surface area contributed by atoms with E-state index < -0.39 is 5.91 Å². The molecule has 7 heteroatoms. The third-order valence-corrected chi connectivity index (χ3v) is 4.14. The second-order valence-corrected chi connectivity index (χ2v) is 6.07. The molecule has 7 nitrogen and oxygen atoms in total. The van der Waals surface area contributed by atoms with Gasteiger partial charge in [-0.25, -0.2) is 0 Å². The molecule has 29 heavy (non-hydrogen) atoms. The van der Waals surface area contributed by atoms with Crippen molar-refractivity contribution in [2.45, 2.75) is 6.54 Å². The summed E-state index contributed by atoms with van der Waals surface area (Å²) in [4.78, 5) is 29.0. The first kappa shape index (κ1) is 19.6. The number of hydrogen-bond acceptors (Lipinski definition) is 5. The number of nitrogens with zero attached hydrogens (tertiary/aromatic N) is 2. The smallest absolute Gasteiger partial charge is 0.274 e. The SMILES string of the molecule is COc1ccccc1CNC(=O)c1ccnc(C(=O)Nc2cccc(C#N)c2)c1. The van der Waals surface area contributed by atoms with Crippen molar-refractivity contribution in [3.8, 4) is 11.8 Å². The minimum absolute atomic E-state index is 0.0947. The van der Waals surface area contributed by atoms with E-state index in [0.29, 0.717) is 22.6 Å². The molecule has 144 valence electrons. The molecule has 0 saturated carbocycles. The lowest BCUT2D eigenvalue weighted by molar-refractivity contribution is 0.0950. The number of nitrogens with one attached hydrogen (secondary N) is 2. The van der Waals surface area contributed by atoms with Crippen molar-refractivity contribution in [1.29, 1.82) is 5.26 Å². The maximum absolute atomic E-state index is 12.5. The van der Waals surface area contributed by atoms with Crippen LogP contribution in [0.5, 0.6) is 5.75 Å². The van der Waals surface area contributed by atoms with Gasteiger partial charge < -0.3 is 15.4 Å². The summed E-state index contributed by atoms with van der Waals surface area (Å²) in [6, 6.07) is 18.9. The average Bonchev–Trinajstić information content (AvgIpc) is 2.77. The summed E-state index contributed by atoms with van der Waals surface area (Å²) in [5.74, 6) is -0.125. The van der Waals surface area contributed by atoms with Crippen LogP contribution in [0, 0.1) is 11.3 Å². The lowest BCUT2D eigenvalue weighted by Gasteiger charge is -2.10. The Morgan fingerprint density at radius 1 is 1.07 bits per heavy atom. The number of anilines is 1. The molecular formula is C22H18N4O3. The van der Waals surface area contributed by atoms with Gasteiger partial charge in [-0.15, -0.1) is 0 Å². The number of benzene rings is 2. The van der Waals surface area contributed by atoms with Gasteiger partial charge >= 0.3 is 0 Å². The van der Waals surface area contributed by atoms with Crippen LogP contribution in [0.25, 0.3) is 0 Å². The van der Waals surface area contributed by atoms with Crippen LogP contribution >= 0.6 is 0 Å². The fourth-order valence-corrected chi connectivity index (χ4v) is 2.68. The zero-order chi connectivity index (χ0) is 20.6. The van der Waals surface area contributed by atoms with Crippen molar-refractivity contribution in [3.63, 3.8) is 0 Å². The Morgan fingerprint density at radius 2 is 1.90 bits per heavy atom. The molecular weight excluding hydrogens is 368 g/mol. The number of methoxy groups -OCH3 is 1. The highest BCUT2D eigenvalue weighted by Gasteiger charge is 2.13. The number of pyridine rings is 1. The lowest BCUT2D eigenvalue weighted by Crippen LogP contribution is -2.24. The normalized spacial score (nSPS) is 9.93. The van der Waals surface area contributed by atoms with Crippen LogP contribution in [0.1, 0.15) is 32.0 Å². The topological polar surface area (TPSA) is 104 Å². The molecule has 2 N–H and O–H groups in total. The van der Waals surface area contributed by atoms with E-state index in [2.05, 4.69) is 15.6 Å². The van der Waals surface area contributed by atoms with Crippen LogP contribution in [-0.4, -0.2) is 23.9 Å². The van der Waals surface area contributed by atoms with Crippen molar-refractivity contribution < 1.29 is 14.3 Å². The molecule has 1 heterocycles. The monoisotopic (exact) mass is 386 g/mol. The second kappa shape index (κ2) is 9.15. The van der Waals surface area contributed by atoms with E-state index in [1.54, 1.807) is 31.4 Å². The van der Waals surface area contributed by atoms with Crippen LogP contribution in [0.15, 0.2) is 66.9 Å². The Bertz CT molecular complexity index is 1090. The quantitative estimate of drug-likeness (QED) is 0.677. The van der Waals surface area contributed by atoms with Gasteiger partial charge in [-0.1, -0.05) is 24.3 Å². The van der Waals surface area contributed by atoms with E-state index in [-0.39, 0.29) is 18.1 Å². The van der Waals surface area contributed by atoms with Crippen LogP contribution in [-0.2, 0) is 6.54 Å². The summed E-state index contributed by atoms with van der Waals surface area (Å²) in [5, 5.41) is 14.4. The minimum atomic E-state index is -0.473. The molecule has 0 unspecified atom stereocenters. The van der Waals surface area contributed by atoms with Crippen LogP contribution in [0.3, 0.4) is 0 Å². The Hall–Kier alpha value is -4.18. The van der Waals surface area contributed by atoms with Crippen molar-refractivity contribution in [3.05, 3.63) is 89.2 Å². The Labute approximate surface area is 168 Å². The van der Waals surface area contributed by atoms with Gasteiger partial charge in [0, 0.05) is 29.6 Å². The first-order chi connectivity index (χ1) is 14.1. The fraction of sp³-hybridized carbons (Fsp3) is 0.0909. The highest BCUT2D eigenvalue weighted by atomic mass is 16.5. The minimum Gasteiger partial charge on any atom is -0.496 e. The van der Waals surface area contributed by atoms with Crippen LogP contribution < -0.4 is 15.4 Å². The maximum atomic E-state index is 12.5. The Balaban J connectivity index is 1.69. The van der Waals surface area contributed by atoms with Crippen LogP contribution in [0.4, 0.5) is 5.69 Å². The van der Waals surface area contributed by atoms with Gasteiger partial charge in [0.15, 0.2) is 0 Å². The van der Waals surface area contributed by atoms with E-state index >= 15 is 0 Å². The van der Waals surface area contributed by atoms with Crippen molar-refractivity contribution in [2.24, 2.45) is 0 Å². The predicted molar refractivity (Wildman–Crippen MR) is 108 cm³/mol. The molecule has 0 radical (unpaired) electrons. The van der Waals surface area contributed by atoms with Gasteiger partial charge in [0.2, 0.25) is 0 Å². The number of amides is 2. The van der Waals surface area contributed by atoms with Gasteiger partial charge in [0.1, 0.15) is 11.4 Å². The zero-order valence-electron chi connectivity index (χ0n) is 15.7. The number of hydrogen-bond donors (Lipinski definition) is 2. The highest BCUT2D eigenvalue weighted by molar-refractivity contribution is 6.04. The number of rotatable bonds is 6. The predicted octanol–water partition coefficient (Wildman–Crippen LogP) is 3.14. The standard InChI is InChI=1S/C22H18N4O3/c1-29-20-8-3-2-6-17(20)14-25-21(27)16-9-10-24-19(12-16)22(28)26-18-7-4-5-15(11-18)13-23/h2-12H,14H2,1H3,(H,25,27)(H,26,28). The largest absolute Gasteiger partial charge is 0.496 e. The third kappa shape index (κ3) is 4.96. The molecule has 1 aromatic heterocycles. The first-order valence-corrected chi connectivity index (χ1v) is 8.78. The van der Waals surface area contributed by atoms with E-state index in [4.69, 9.17) is 10.00 Å². The Kier molecular flexibility index (Phi) is 6.18. The van der Waals surface area contributed by atoms with Gasteiger partial charge in [-0.2, -0.15) is 5.26 Å². The molecule has 0 spiro atoms. The number of carbonyl (C=O) groups is 2. The number of ether oxygens (including phenoxy) is 1. The average molecular weight is 386 g/mol. The first-order valence-electron chi connectivity index (χ1n) is 8.78. The van der Waals surface area contributed by atoms with E-state index in [1.807, 2.05) is 30.3 Å². The maximum Gasteiger partial charge on any atom is 0.274 e. The molecule has 3 aromatic rings. The van der Waals surface area contributed by atoms with E-state index in [1.165, 1.54) is 18.3 Å². The van der Waals surface area contributed by atoms with Crippen molar-refractivity contribution >= 4 is 17.5 Å². The van der Waals surface area contributed by atoms with E-state index in [9.17, 15) is 9.59 Å². The molecule has 0 bridgehead atoms. The fourth-order valence-electron chi connectivity index (χ4n) is 2.68. The van der Waals surface area contributed by atoms with Gasteiger partial charge in [-0.3, -0.25) is 14.6 Å². The second-order valence-electron chi connectivity index (χ2n) is 6.07. The molecule has 0 aliphatic heterocycles. The zero-order valence-corrected chi connectivity index (χ0v) is 15.7. The van der Waals surface area contributed by atoms with Crippen LogP contribution in [0.2, 0.25) is 0 Å². The number of aromatic nitrogens is 1. The highest BCUT2D eigenvalue weighted by Crippen LogP contribution is 2.17. The number of nitriles is 1. The molecule has 0 saturated heterocycles. The molecule has 0 aliphatic carbocycles. The number of para-hydroxylation sites is 1. The van der Waals surface area contributed by atoms with Gasteiger partial charge in [-0.05, 0) is 36.4 Å². The van der Waals surface area contributed by atoms with Gasteiger partial charge in [0.25, 0.3) is 11.8 Å². The van der Waals surface area contributed by atoms with E-state index in [0.717, 1.165) is 5.56 Å². The van der Waals surface area contributed by atoms with Crippen molar-refractivity contribution in [2.75, 3.05) is 12.4 Å². The third-order valence-electron chi connectivity index (χ3n) is 4.14. The number of carbonyl (C=O) groups excluding carboxylic acids is 2. The molecule has 2 aromatic carbocycles. The van der Waals surface area contributed by atoms with Gasteiger partial charge in [0.05, 0.1) is 18.7 Å². The summed E-state index contributed by atoms with van der Waals surface area (Å²) in [6.45, 7) is 0.285. The summed E-state index contributed by atoms with van der Waals surface area (Å²) < 4.78 is 5.27. The molecule has 0 aliphatic rings. The molecule has 3 rings (SSSR count). The molecule has 2 amide bonds. The lowest BCUT2D eigenvalue weighted by atomic mass is 10.1. The van der Waals surface area contributed by atoms with Crippen molar-refractivity contribution in [1.82, 2.24) is 10.3 Å². The summed E-state index contributed by atoms with van der Waals surface area (Å²) in [7, 11) is 1.57. The summed E-state index contributed by atoms with van der Waals surface area (Å²) >= 11 is 0. The summed E-state index contributed by atoms with van der Waals surface area (Å²) in [5.41, 5.74) is 2.15. The summed E-state index contributed by atoms with van der Waals surface area (Å²) in [6.07, 6.45) is 1.40. The Morgan fingerprint density at radius 3 is 2.69 bits per heavy atom. The molecule has 0 atom stereocenters. The molecule has 0 fully saturated rings.